The van der Waals surface area contributed by atoms with Gasteiger partial charge in [0.25, 0.3) is 0 Å². The fourth-order valence-electron chi connectivity index (χ4n) is 1.58. The second-order valence-corrected chi connectivity index (χ2v) is 4.55. The topological polar surface area (TPSA) is 64.3 Å². The van der Waals surface area contributed by atoms with E-state index >= 15 is 0 Å². The standard InChI is InChI=1S/C14H22N2O2/c1-4-7-18-12-5-6-13(10(2)8-12)16-14(17)9-11(3)15/h5-6,8,11H,4,7,9,15H2,1-3H3,(H,16,17). The van der Waals surface area contributed by atoms with E-state index in [4.69, 9.17) is 10.5 Å². The van der Waals surface area contributed by atoms with Crippen LogP contribution < -0.4 is 15.8 Å². The summed E-state index contributed by atoms with van der Waals surface area (Å²) in [6.07, 6.45) is 1.31. The molecule has 0 spiro atoms. The minimum atomic E-state index is -0.127. The number of benzene rings is 1. The summed E-state index contributed by atoms with van der Waals surface area (Å²) in [6, 6.07) is 5.53. The van der Waals surface area contributed by atoms with Crippen molar-refractivity contribution < 1.29 is 9.53 Å². The molecule has 0 saturated heterocycles. The highest BCUT2D eigenvalue weighted by Crippen LogP contribution is 2.21. The summed E-state index contributed by atoms with van der Waals surface area (Å²) < 4.78 is 5.53. The number of anilines is 1. The molecule has 1 unspecified atom stereocenters. The predicted molar refractivity (Wildman–Crippen MR) is 73.9 cm³/mol. The van der Waals surface area contributed by atoms with E-state index < -0.39 is 0 Å². The second-order valence-electron chi connectivity index (χ2n) is 4.55. The molecule has 4 nitrogen and oxygen atoms in total. The Morgan fingerprint density at radius 1 is 1.50 bits per heavy atom. The van der Waals surface area contributed by atoms with Gasteiger partial charge in [0.15, 0.2) is 0 Å². The van der Waals surface area contributed by atoms with Gasteiger partial charge in [-0.05, 0) is 44.0 Å². The van der Waals surface area contributed by atoms with E-state index in [1.807, 2.05) is 32.0 Å². The van der Waals surface area contributed by atoms with Crippen molar-refractivity contribution in [3.05, 3.63) is 23.8 Å². The lowest BCUT2D eigenvalue weighted by Crippen LogP contribution is -2.24. The Morgan fingerprint density at radius 3 is 2.78 bits per heavy atom. The largest absolute Gasteiger partial charge is 0.494 e. The quantitative estimate of drug-likeness (QED) is 0.815. The Morgan fingerprint density at radius 2 is 2.22 bits per heavy atom. The first-order valence-corrected chi connectivity index (χ1v) is 6.31. The average molecular weight is 250 g/mol. The minimum Gasteiger partial charge on any atom is -0.494 e. The summed E-state index contributed by atoms with van der Waals surface area (Å²) in [5.41, 5.74) is 7.38. The van der Waals surface area contributed by atoms with Crippen molar-refractivity contribution in [2.45, 2.75) is 39.7 Å². The lowest BCUT2D eigenvalue weighted by atomic mass is 10.1. The molecule has 0 aliphatic carbocycles. The summed E-state index contributed by atoms with van der Waals surface area (Å²) in [5, 5.41) is 2.85. The zero-order valence-electron chi connectivity index (χ0n) is 11.3. The average Bonchev–Trinajstić information content (AvgIpc) is 2.28. The van der Waals surface area contributed by atoms with Gasteiger partial charge in [-0.3, -0.25) is 4.79 Å². The van der Waals surface area contributed by atoms with E-state index in [1.165, 1.54) is 0 Å². The third-order valence-electron chi connectivity index (χ3n) is 2.45. The predicted octanol–water partition coefficient (Wildman–Crippen LogP) is 2.46. The summed E-state index contributed by atoms with van der Waals surface area (Å²) in [4.78, 5) is 11.6. The first kappa shape index (κ1) is 14.5. The third-order valence-corrected chi connectivity index (χ3v) is 2.45. The van der Waals surface area contributed by atoms with Crippen LogP contribution in [0.4, 0.5) is 5.69 Å². The fourth-order valence-corrected chi connectivity index (χ4v) is 1.58. The highest BCUT2D eigenvalue weighted by Gasteiger charge is 2.07. The van der Waals surface area contributed by atoms with Crippen LogP contribution in [-0.2, 0) is 4.79 Å². The lowest BCUT2D eigenvalue weighted by Gasteiger charge is -2.12. The molecule has 0 saturated carbocycles. The maximum Gasteiger partial charge on any atom is 0.225 e. The van der Waals surface area contributed by atoms with Crippen LogP contribution in [0.3, 0.4) is 0 Å². The van der Waals surface area contributed by atoms with Gasteiger partial charge in [0, 0.05) is 18.2 Å². The molecule has 0 fully saturated rings. The van der Waals surface area contributed by atoms with Gasteiger partial charge in [-0.25, -0.2) is 0 Å². The highest BCUT2D eigenvalue weighted by atomic mass is 16.5. The first-order valence-electron chi connectivity index (χ1n) is 6.31. The molecule has 3 N–H and O–H groups in total. The molecule has 0 aromatic heterocycles. The number of rotatable bonds is 6. The van der Waals surface area contributed by atoms with E-state index in [0.717, 1.165) is 23.4 Å². The van der Waals surface area contributed by atoms with Gasteiger partial charge in [-0.1, -0.05) is 6.92 Å². The number of hydrogen-bond donors (Lipinski definition) is 2. The Bertz CT molecular complexity index is 403. The maximum atomic E-state index is 11.6. The lowest BCUT2D eigenvalue weighted by molar-refractivity contribution is -0.116. The molecular weight excluding hydrogens is 228 g/mol. The molecule has 0 heterocycles. The van der Waals surface area contributed by atoms with Crippen molar-refractivity contribution in [1.29, 1.82) is 0 Å². The van der Waals surface area contributed by atoms with Gasteiger partial charge in [0.1, 0.15) is 5.75 Å². The number of aryl methyl sites for hydroxylation is 1. The fraction of sp³-hybridized carbons (Fsp3) is 0.500. The Hall–Kier alpha value is -1.55. The van der Waals surface area contributed by atoms with Crippen LogP contribution >= 0.6 is 0 Å². The molecule has 4 heteroatoms. The van der Waals surface area contributed by atoms with Crippen molar-refractivity contribution in [2.24, 2.45) is 5.73 Å². The van der Waals surface area contributed by atoms with Gasteiger partial charge >= 0.3 is 0 Å². The van der Waals surface area contributed by atoms with Gasteiger partial charge in [-0.15, -0.1) is 0 Å². The molecule has 1 aromatic rings. The van der Waals surface area contributed by atoms with Gasteiger partial charge in [-0.2, -0.15) is 0 Å². The molecule has 0 aliphatic heterocycles. The number of ether oxygens (including phenoxy) is 1. The van der Waals surface area contributed by atoms with E-state index in [9.17, 15) is 4.79 Å². The van der Waals surface area contributed by atoms with Crippen molar-refractivity contribution in [3.63, 3.8) is 0 Å². The summed E-state index contributed by atoms with van der Waals surface area (Å²) in [6.45, 7) is 6.53. The zero-order chi connectivity index (χ0) is 13.5. The SMILES string of the molecule is CCCOc1ccc(NC(=O)CC(C)N)c(C)c1. The van der Waals surface area contributed by atoms with Crippen LogP contribution in [0.25, 0.3) is 0 Å². The maximum absolute atomic E-state index is 11.6. The van der Waals surface area contributed by atoms with Crippen LogP contribution in [0, 0.1) is 6.92 Å². The molecule has 0 bridgehead atoms. The van der Waals surface area contributed by atoms with Gasteiger partial charge in [0.05, 0.1) is 6.61 Å². The van der Waals surface area contributed by atoms with E-state index in [-0.39, 0.29) is 11.9 Å². The van der Waals surface area contributed by atoms with Crippen molar-refractivity contribution in [3.8, 4) is 5.75 Å². The summed E-state index contributed by atoms with van der Waals surface area (Å²) in [7, 11) is 0. The minimum absolute atomic E-state index is 0.0599. The third kappa shape index (κ3) is 4.75. The van der Waals surface area contributed by atoms with Crippen LogP contribution in [0.1, 0.15) is 32.3 Å². The normalized spacial score (nSPS) is 12.0. The molecule has 1 atom stereocenters. The number of amides is 1. The van der Waals surface area contributed by atoms with Gasteiger partial charge in [0.2, 0.25) is 5.91 Å². The molecule has 1 rings (SSSR count). The Labute approximate surface area is 109 Å². The zero-order valence-corrected chi connectivity index (χ0v) is 11.3. The van der Waals surface area contributed by atoms with E-state index in [2.05, 4.69) is 12.2 Å². The summed E-state index contributed by atoms with van der Waals surface area (Å²) >= 11 is 0. The Balaban J connectivity index is 2.64. The molecule has 0 radical (unpaired) electrons. The first-order chi connectivity index (χ1) is 8.52. The molecule has 18 heavy (non-hydrogen) atoms. The van der Waals surface area contributed by atoms with Crippen LogP contribution in [-0.4, -0.2) is 18.6 Å². The number of carbonyl (C=O) groups excluding carboxylic acids is 1. The van der Waals surface area contributed by atoms with E-state index in [0.29, 0.717) is 13.0 Å². The van der Waals surface area contributed by atoms with Crippen molar-refractivity contribution >= 4 is 11.6 Å². The molecule has 100 valence electrons. The number of nitrogens with one attached hydrogen (secondary N) is 1. The number of hydrogen-bond acceptors (Lipinski definition) is 3. The monoisotopic (exact) mass is 250 g/mol. The highest BCUT2D eigenvalue weighted by molar-refractivity contribution is 5.91. The number of nitrogens with two attached hydrogens (primary N) is 1. The summed E-state index contributed by atoms with van der Waals surface area (Å²) in [5.74, 6) is 0.773. The molecule has 0 aliphatic rings. The van der Waals surface area contributed by atoms with Crippen LogP contribution in [0.15, 0.2) is 18.2 Å². The van der Waals surface area contributed by atoms with Gasteiger partial charge < -0.3 is 15.8 Å². The van der Waals surface area contributed by atoms with Crippen LogP contribution in [0.2, 0.25) is 0 Å². The molecule has 1 aromatic carbocycles. The van der Waals surface area contributed by atoms with Crippen molar-refractivity contribution in [2.75, 3.05) is 11.9 Å². The molecular formula is C14H22N2O2. The van der Waals surface area contributed by atoms with Crippen molar-refractivity contribution in [1.82, 2.24) is 0 Å². The van der Waals surface area contributed by atoms with E-state index in [1.54, 1.807) is 0 Å². The molecule has 1 amide bonds. The smallest absolute Gasteiger partial charge is 0.225 e. The number of carbonyl (C=O) groups is 1. The Kier molecular flexibility index (Phi) is 5.65. The second kappa shape index (κ2) is 7.01. The van der Waals surface area contributed by atoms with Crippen LogP contribution in [0.5, 0.6) is 5.75 Å².